The molecule has 0 unspecified atom stereocenters. The third-order valence-electron chi connectivity index (χ3n) is 2.55. The average Bonchev–Trinajstić information content (AvgIpc) is 2.37. The van der Waals surface area contributed by atoms with E-state index in [9.17, 15) is 0 Å². The molecule has 0 spiro atoms. The first kappa shape index (κ1) is 12.3. The van der Waals surface area contributed by atoms with Crippen molar-refractivity contribution < 1.29 is 0 Å². The number of benzene rings is 2. The van der Waals surface area contributed by atoms with Gasteiger partial charge in [-0.15, -0.1) is 0 Å². The summed E-state index contributed by atoms with van der Waals surface area (Å²) in [6.45, 7) is 2.90. The molecule has 2 rings (SSSR count). The molecule has 0 N–H and O–H groups in total. The van der Waals surface area contributed by atoms with Crippen LogP contribution >= 0.6 is 23.2 Å². The van der Waals surface area contributed by atoms with Crippen LogP contribution in [0.25, 0.3) is 0 Å². The topological polar surface area (TPSA) is 3.24 Å². The summed E-state index contributed by atoms with van der Waals surface area (Å²) in [6.07, 6.45) is 0. The van der Waals surface area contributed by atoms with Gasteiger partial charge < -0.3 is 4.90 Å². The second kappa shape index (κ2) is 5.44. The molecule has 2 aromatic carbocycles. The van der Waals surface area contributed by atoms with Gasteiger partial charge in [0.1, 0.15) is 0 Å². The van der Waals surface area contributed by atoms with Crippen LogP contribution in [0.1, 0.15) is 6.92 Å². The summed E-state index contributed by atoms with van der Waals surface area (Å²) < 4.78 is 0. The first-order valence-electron chi connectivity index (χ1n) is 5.41. The summed E-state index contributed by atoms with van der Waals surface area (Å²) in [5, 5.41) is 1.16. The first-order valence-corrected chi connectivity index (χ1v) is 6.17. The molecule has 0 bridgehead atoms. The predicted molar refractivity (Wildman–Crippen MR) is 74.4 cm³/mol. The highest BCUT2D eigenvalue weighted by molar-refractivity contribution is 6.43. The molecule has 3 heteroatoms. The zero-order chi connectivity index (χ0) is 12.3. The van der Waals surface area contributed by atoms with Gasteiger partial charge >= 0.3 is 0 Å². The van der Waals surface area contributed by atoms with Gasteiger partial charge in [-0.2, -0.15) is 0 Å². The van der Waals surface area contributed by atoms with Crippen molar-refractivity contribution >= 4 is 34.6 Å². The zero-order valence-corrected chi connectivity index (χ0v) is 11.0. The molecule has 17 heavy (non-hydrogen) atoms. The summed E-state index contributed by atoms with van der Waals surface area (Å²) in [4.78, 5) is 2.11. The number of rotatable bonds is 3. The van der Waals surface area contributed by atoms with Gasteiger partial charge in [0.25, 0.3) is 0 Å². The number of hydrogen-bond acceptors (Lipinski definition) is 1. The van der Waals surface area contributed by atoms with Gasteiger partial charge in [0.15, 0.2) is 0 Å². The second-order valence-corrected chi connectivity index (χ2v) is 4.36. The molecule has 0 aliphatic heterocycles. The van der Waals surface area contributed by atoms with Crippen molar-refractivity contribution in [3.05, 3.63) is 58.6 Å². The minimum Gasteiger partial charge on any atom is -0.341 e. The molecular weight excluding hydrogens is 253 g/mol. The SMILES string of the molecule is CCN(c1cc[c]cc1)c1cccc(Cl)c1Cl. The maximum absolute atomic E-state index is 6.24. The number of hydrogen-bond donors (Lipinski definition) is 0. The van der Waals surface area contributed by atoms with Crippen molar-refractivity contribution in [3.63, 3.8) is 0 Å². The molecule has 1 radical (unpaired) electrons. The maximum Gasteiger partial charge on any atom is 0.0829 e. The average molecular weight is 265 g/mol. The highest BCUT2D eigenvalue weighted by Gasteiger charge is 2.12. The Labute approximate surface area is 112 Å². The minimum absolute atomic E-state index is 0.574. The summed E-state index contributed by atoms with van der Waals surface area (Å²) in [5.41, 5.74) is 2.00. The Morgan fingerprint density at radius 1 is 1.12 bits per heavy atom. The summed E-state index contributed by atoms with van der Waals surface area (Å²) in [6, 6.07) is 16.4. The lowest BCUT2D eigenvalue weighted by Gasteiger charge is -2.24. The Hall–Kier alpha value is -1.18. The van der Waals surface area contributed by atoms with Crippen LogP contribution in [0.15, 0.2) is 42.5 Å². The molecule has 0 aromatic heterocycles. The molecule has 0 aliphatic carbocycles. The van der Waals surface area contributed by atoms with Crippen LogP contribution in [0, 0.1) is 6.07 Å². The molecule has 0 atom stereocenters. The highest BCUT2D eigenvalue weighted by Crippen LogP contribution is 2.35. The van der Waals surface area contributed by atoms with Crippen molar-refractivity contribution in [1.29, 1.82) is 0 Å². The third-order valence-corrected chi connectivity index (χ3v) is 3.36. The lowest BCUT2D eigenvalue weighted by Crippen LogP contribution is -2.16. The van der Waals surface area contributed by atoms with Gasteiger partial charge in [0, 0.05) is 12.2 Å². The molecule has 0 saturated carbocycles. The second-order valence-electron chi connectivity index (χ2n) is 3.58. The fourth-order valence-electron chi connectivity index (χ4n) is 1.75. The molecular formula is C14H12Cl2N. The number of anilines is 2. The molecule has 0 fully saturated rings. The maximum atomic E-state index is 6.24. The van der Waals surface area contributed by atoms with E-state index in [2.05, 4.69) is 17.9 Å². The zero-order valence-electron chi connectivity index (χ0n) is 9.45. The van der Waals surface area contributed by atoms with Crippen molar-refractivity contribution in [2.45, 2.75) is 6.92 Å². The van der Waals surface area contributed by atoms with Gasteiger partial charge in [-0.1, -0.05) is 41.4 Å². The molecule has 2 aromatic rings. The van der Waals surface area contributed by atoms with E-state index in [1.165, 1.54) is 0 Å². The van der Waals surface area contributed by atoms with E-state index in [1.54, 1.807) is 6.07 Å². The Morgan fingerprint density at radius 2 is 1.82 bits per heavy atom. The van der Waals surface area contributed by atoms with Gasteiger partial charge in [0.2, 0.25) is 0 Å². The van der Waals surface area contributed by atoms with Crippen molar-refractivity contribution in [1.82, 2.24) is 0 Å². The number of nitrogens with zero attached hydrogens (tertiary/aromatic N) is 1. The van der Waals surface area contributed by atoms with E-state index in [4.69, 9.17) is 23.2 Å². The predicted octanol–water partition coefficient (Wildman–Crippen LogP) is 4.95. The van der Waals surface area contributed by atoms with Crippen molar-refractivity contribution in [3.8, 4) is 0 Å². The Bertz CT molecular complexity index is 497. The molecule has 87 valence electrons. The van der Waals surface area contributed by atoms with E-state index in [1.807, 2.05) is 36.4 Å². The van der Waals surface area contributed by atoms with Gasteiger partial charge in [0.05, 0.1) is 15.7 Å². The smallest absolute Gasteiger partial charge is 0.0829 e. The first-order chi connectivity index (χ1) is 8.24. The summed E-state index contributed by atoms with van der Waals surface area (Å²) in [7, 11) is 0. The van der Waals surface area contributed by atoms with E-state index in [0.717, 1.165) is 17.9 Å². The fourth-order valence-corrected chi connectivity index (χ4v) is 2.15. The van der Waals surface area contributed by atoms with E-state index < -0.39 is 0 Å². The molecule has 0 heterocycles. The standard InChI is InChI=1S/C14H12Cl2N/c1-2-17(11-7-4-3-5-8-11)13-10-6-9-12(15)14(13)16/h4-10H,2H2,1H3. The monoisotopic (exact) mass is 264 g/mol. The minimum atomic E-state index is 0.574. The van der Waals surface area contributed by atoms with Crippen molar-refractivity contribution in [2.75, 3.05) is 11.4 Å². The Balaban J connectivity index is 2.46. The van der Waals surface area contributed by atoms with Crippen LogP contribution < -0.4 is 4.90 Å². The van der Waals surface area contributed by atoms with Crippen LogP contribution in [0.5, 0.6) is 0 Å². The van der Waals surface area contributed by atoms with Crippen LogP contribution in [-0.2, 0) is 0 Å². The van der Waals surface area contributed by atoms with Gasteiger partial charge in [-0.3, -0.25) is 0 Å². The van der Waals surface area contributed by atoms with E-state index in [-0.39, 0.29) is 0 Å². The molecule has 0 aliphatic rings. The Morgan fingerprint density at radius 3 is 2.47 bits per heavy atom. The summed E-state index contributed by atoms with van der Waals surface area (Å²) in [5.74, 6) is 0. The molecule has 0 amide bonds. The molecule has 1 nitrogen and oxygen atoms in total. The largest absolute Gasteiger partial charge is 0.341 e. The molecule has 0 saturated heterocycles. The fraction of sp³-hybridized carbons (Fsp3) is 0.143. The van der Waals surface area contributed by atoms with E-state index in [0.29, 0.717) is 10.0 Å². The number of halogens is 2. The van der Waals surface area contributed by atoms with Crippen LogP contribution in [-0.4, -0.2) is 6.54 Å². The normalized spacial score (nSPS) is 10.3. The lowest BCUT2D eigenvalue weighted by molar-refractivity contribution is 1.02. The van der Waals surface area contributed by atoms with E-state index >= 15 is 0 Å². The van der Waals surface area contributed by atoms with Gasteiger partial charge in [-0.05, 0) is 37.3 Å². The van der Waals surface area contributed by atoms with Crippen LogP contribution in [0.3, 0.4) is 0 Å². The summed E-state index contributed by atoms with van der Waals surface area (Å²) >= 11 is 12.3. The van der Waals surface area contributed by atoms with Crippen LogP contribution in [0.2, 0.25) is 10.0 Å². The van der Waals surface area contributed by atoms with Crippen molar-refractivity contribution in [2.24, 2.45) is 0 Å². The third kappa shape index (κ3) is 2.56. The Kier molecular flexibility index (Phi) is 3.93. The quantitative estimate of drug-likeness (QED) is 0.758. The van der Waals surface area contributed by atoms with Crippen LogP contribution in [0.4, 0.5) is 11.4 Å². The highest BCUT2D eigenvalue weighted by atomic mass is 35.5. The lowest BCUT2D eigenvalue weighted by atomic mass is 10.2. The van der Waals surface area contributed by atoms with Gasteiger partial charge in [-0.25, -0.2) is 0 Å².